The first-order valence-electron chi connectivity index (χ1n) is 9.61. The van der Waals surface area contributed by atoms with Crippen LogP contribution in [0, 0.1) is 0 Å². The van der Waals surface area contributed by atoms with E-state index in [4.69, 9.17) is 0 Å². The van der Waals surface area contributed by atoms with E-state index in [1.165, 1.54) is 16.8 Å². The van der Waals surface area contributed by atoms with Gasteiger partial charge in [-0.3, -0.25) is 4.79 Å². The maximum absolute atomic E-state index is 12.7. The molecule has 0 aromatic carbocycles. The minimum absolute atomic E-state index is 0.182. The van der Waals surface area contributed by atoms with Crippen LogP contribution in [0.2, 0.25) is 0 Å². The van der Waals surface area contributed by atoms with Gasteiger partial charge in [0.15, 0.2) is 0 Å². The molecular formula is C19H22F3N5O2. The van der Waals surface area contributed by atoms with Crippen molar-refractivity contribution in [3.05, 3.63) is 46.5 Å². The van der Waals surface area contributed by atoms with Crippen LogP contribution >= 0.6 is 0 Å². The molecule has 0 radical (unpaired) electrons. The van der Waals surface area contributed by atoms with E-state index in [-0.39, 0.29) is 17.7 Å². The van der Waals surface area contributed by atoms with Gasteiger partial charge in [-0.1, -0.05) is 0 Å². The lowest BCUT2D eigenvalue weighted by atomic mass is 10.1. The highest BCUT2D eigenvalue weighted by Crippen LogP contribution is 2.30. The number of piperidine rings is 1. The zero-order valence-electron chi connectivity index (χ0n) is 15.7. The van der Waals surface area contributed by atoms with Gasteiger partial charge in [-0.25, -0.2) is 9.67 Å². The van der Waals surface area contributed by atoms with Gasteiger partial charge in [0.1, 0.15) is 5.82 Å². The van der Waals surface area contributed by atoms with Crippen LogP contribution in [-0.2, 0) is 6.18 Å². The Morgan fingerprint density at radius 1 is 1.07 bits per heavy atom. The van der Waals surface area contributed by atoms with Crippen molar-refractivity contribution in [2.45, 2.75) is 37.6 Å². The van der Waals surface area contributed by atoms with Crippen LogP contribution in [-0.4, -0.2) is 52.2 Å². The predicted molar refractivity (Wildman–Crippen MR) is 101 cm³/mol. The van der Waals surface area contributed by atoms with Gasteiger partial charge >= 0.3 is 6.18 Å². The molecule has 2 saturated heterocycles. The zero-order valence-corrected chi connectivity index (χ0v) is 15.7. The molecule has 2 aromatic rings. The fourth-order valence-electron chi connectivity index (χ4n) is 3.93. The third-order valence-corrected chi connectivity index (χ3v) is 5.48. The number of aliphatic hydroxyl groups excluding tert-OH is 1. The van der Waals surface area contributed by atoms with Gasteiger partial charge < -0.3 is 14.9 Å². The highest BCUT2D eigenvalue weighted by Gasteiger charge is 2.31. The average Bonchev–Trinajstić information content (AvgIpc) is 3.14. The number of pyridine rings is 1. The lowest BCUT2D eigenvalue weighted by molar-refractivity contribution is -0.137. The predicted octanol–water partition coefficient (Wildman–Crippen LogP) is 2.07. The molecule has 4 rings (SSSR count). The van der Waals surface area contributed by atoms with Crippen LogP contribution in [0.1, 0.15) is 30.9 Å². The third-order valence-electron chi connectivity index (χ3n) is 5.48. The summed E-state index contributed by atoms with van der Waals surface area (Å²) in [5.74, 6) is 0.457. The molecule has 2 aromatic heterocycles. The molecule has 0 unspecified atom stereocenters. The number of alkyl halides is 3. The molecule has 0 aliphatic carbocycles. The van der Waals surface area contributed by atoms with E-state index < -0.39 is 11.7 Å². The van der Waals surface area contributed by atoms with E-state index in [9.17, 15) is 23.1 Å². The summed E-state index contributed by atoms with van der Waals surface area (Å²) in [7, 11) is 0. The summed E-state index contributed by atoms with van der Waals surface area (Å²) in [5.41, 5.74) is -0.314. The molecule has 10 heteroatoms. The molecule has 0 bridgehead atoms. The Morgan fingerprint density at radius 3 is 2.52 bits per heavy atom. The number of anilines is 2. The molecule has 4 heterocycles. The van der Waals surface area contributed by atoms with Crippen LogP contribution in [0.3, 0.4) is 0 Å². The largest absolute Gasteiger partial charge is 0.417 e. The van der Waals surface area contributed by atoms with Crippen LogP contribution in [0.4, 0.5) is 24.7 Å². The Labute approximate surface area is 165 Å². The molecule has 2 fully saturated rings. The summed E-state index contributed by atoms with van der Waals surface area (Å²) >= 11 is 0. The molecule has 156 valence electrons. The van der Waals surface area contributed by atoms with Crippen molar-refractivity contribution in [2.24, 2.45) is 0 Å². The van der Waals surface area contributed by atoms with Crippen LogP contribution < -0.4 is 15.4 Å². The number of aliphatic hydroxyl groups is 1. The van der Waals surface area contributed by atoms with E-state index in [2.05, 4.69) is 10.1 Å². The van der Waals surface area contributed by atoms with E-state index in [1.54, 1.807) is 6.20 Å². The monoisotopic (exact) mass is 409 g/mol. The Kier molecular flexibility index (Phi) is 5.20. The Morgan fingerprint density at radius 2 is 1.90 bits per heavy atom. The van der Waals surface area contributed by atoms with Gasteiger partial charge in [-0.15, -0.1) is 0 Å². The van der Waals surface area contributed by atoms with Crippen molar-refractivity contribution in [1.29, 1.82) is 0 Å². The molecule has 0 saturated carbocycles. The van der Waals surface area contributed by atoms with Crippen molar-refractivity contribution in [2.75, 3.05) is 36.0 Å². The van der Waals surface area contributed by atoms with E-state index in [0.717, 1.165) is 25.1 Å². The maximum Gasteiger partial charge on any atom is 0.417 e. The van der Waals surface area contributed by atoms with E-state index >= 15 is 0 Å². The number of halogens is 3. The summed E-state index contributed by atoms with van der Waals surface area (Å²) in [6.45, 7) is 2.28. The fourth-order valence-corrected chi connectivity index (χ4v) is 3.93. The minimum atomic E-state index is -4.42. The fraction of sp³-hybridized carbons (Fsp3) is 0.526. The number of nitrogens with zero attached hydrogens (tertiary/aromatic N) is 5. The minimum Gasteiger partial charge on any atom is -0.391 e. The average molecular weight is 409 g/mol. The summed E-state index contributed by atoms with van der Waals surface area (Å²) < 4.78 is 39.7. The second-order valence-electron chi connectivity index (χ2n) is 7.53. The van der Waals surface area contributed by atoms with Crippen molar-refractivity contribution < 1.29 is 18.3 Å². The third kappa shape index (κ3) is 4.21. The maximum atomic E-state index is 12.7. The molecule has 0 amide bonds. The molecule has 1 N–H and O–H groups in total. The van der Waals surface area contributed by atoms with Gasteiger partial charge in [-0.2, -0.15) is 18.3 Å². The van der Waals surface area contributed by atoms with Crippen molar-refractivity contribution in [3.8, 4) is 0 Å². The second-order valence-corrected chi connectivity index (χ2v) is 7.53. The standard InChI is InChI=1S/C19H22F3N5O2/c20-19(21,22)13-3-4-17(23-9-13)26-6-1-2-14(11-26)27-18(29)8-15(10-24-27)25-7-5-16(28)12-25/h3-4,8-10,14,16,28H,1-2,5-7,11-12H2/t14-,16+/m1/s1. The highest BCUT2D eigenvalue weighted by molar-refractivity contribution is 5.44. The van der Waals surface area contributed by atoms with Crippen molar-refractivity contribution in [1.82, 2.24) is 14.8 Å². The lowest BCUT2D eigenvalue weighted by Gasteiger charge is -2.34. The highest BCUT2D eigenvalue weighted by atomic mass is 19.4. The van der Waals surface area contributed by atoms with Gasteiger partial charge in [0.05, 0.1) is 29.6 Å². The zero-order chi connectivity index (χ0) is 20.6. The molecule has 7 nitrogen and oxygen atoms in total. The van der Waals surface area contributed by atoms with Gasteiger partial charge in [-0.05, 0) is 31.4 Å². The summed E-state index contributed by atoms with van der Waals surface area (Å²) in [5, 5.41) is 14.0. The molecular weight excluding hydrogens is 387 g/mol. The number of β-amino-alcohol motifs (C(OH)–C–C–N with tert-alkyl or cyclic N) is 1. The Balaban J connectivity index is 1.49. The second kappa shape index (κ2) is 7.66. The van der Waals surface area contributed by atoms with Gasteiger partial charge in [0, 0.05) is 38.4 Å². The van der Waals surface area contributed by atoms with Crippen molar-refractivity contribution in [3.63, 3.8) is 0 Å². The normalized spacial score (nSPS) is 22.9. The quantitative estimate of drug-likeness (QED) is 0.837. The summed E-state index contributed by atoms with van der Waals surface area (Å²) in [4.78, 5) is 20.4. The Bertz CT molecular complexity index is 915. The first-order chi connectivity index (χ1) is 13.8. The van der Waals surface area contributed by atoms with Crippen LogP contribution in [0.25, 0.3) is 0 Å². The lowest BCUT2D eigenvalue weighted by Crippen LogP contribution is -2.41. The molecule has 2 aliphatic heterocycles. The number of aromatic nitrogens is 3. The smallest absolute Gasteiger partial charge is 0.391 e. The van der Waals surface area contributed by atoms with E-state index in [1.807, 2.05) is 9.80 Å². The molecule has 2 aliphatic rings. The first kappa shape index (κ1) is 19.7. The Hall–Kier alpha value is -2.62. The topological polar surface area (TPSA) is 74.5 Å². The number of hydrogen-bond donors (Lipinski definition) is 1. The molecule has 29 heavy (non-hydrogen) atoms. The van der Waals surface area contributed by atoms with Crippen LogP contribution in [0.5, 0.6) is 0 Å². The summed E-state index contributed by atoms with van der Waals surface area (Å²) in [6.07, 6.45) is -0.133. The van der Waals surface area contributed by atoms with E-state index in [0.29, 0.717) is 44.1 Å². The van der Waals surface area contributed by atoms with Gasteiger partial charge in [0.2, 0.25) is 0 Å². The summed E-state index contributed by atoms with van der Waals surface area (Å²) in [6, 6.07) is 3.73. The van der Waals surface area contributed by atoms with Crippen molar-refractivity contribution >= 4 is 11.5 Å². The number of rotatable bonds is 3. The SMILES string of the molecule is O=c1cc(N2CC[C@H](O)C2)cnn1[C@@H]1CCCN(c2ccc(C(F)(F)F)cn2)C1. The molecule has 2 atom stereocenters. The van der Waals surface area contributed by atoms with Gasteiger partial charge in [0.25, 0.3) is 5.56 Å². The molecule has 0 spiro atoms. The number of hydrogen-bond acceptors (Lipinski definition) is 6. The first-order valence-corrected chi connectivity index (χ1v) is 9.61. The van der Waals surface area contributed by atoms with Crippen LogP contribution in [0.15, 0.2) is 35.4 Å².